The Labute approximate surface area is 113 Å². The normalized spacial score (nSPS) is 10.1. The highest BCUT2D eigenvalue weighted by molar-refractivity contribution is 6.41. The molecule has 0 aliphatic heterocycles. The number of amides is 1. The molecule has 0 atom stereocenters. The van der Waals surface area contributed by atoms with Gasteiger partial charge in [0.2, 0.25) is 0 Å². The van der Waals surface area contributed by atoms with Crippen LogP contribution >= 0.6 is 23.2 Å². The van der Waals surface area contributed by atoms with Crippen molar-refractivity contribution < 1.29 is 4.79 Å². The Morgan fingerprint density at radius 2 is 2.22 bits per heavy atom. The summed E-state index contributed by atoms with van der Waals surface area (Å²) in [5, 5.41) is 10.6. The van der Waals surface area contributed by atoms with Crippen molar-refractivity contribution in [1.82, 2.24) is 20.5 Å². The zero-order valence-electron chi connectivity index (χ0n) is 9.10. The summed E-state index contributed by atoms with van der Waals surface area (Å²) in [6.45, 7) is 0.285. The SMILES string of the molecule is O=C(NCc1cccnn1)c1cnc(Cl)c(Cl)c1. The Morgan fingerprint density at radius 1 is 1.39 bits per heavy atom. The first-order chi connectivity index (χ1) is 8.66. The number of carbonyl (C=O) groups is 1. The standard InChI is InChI=1S/C11H8Cl2N4O/c12-9-4-7(5-14-10(9)13)11(18)15-6-8-2-1-3-16-17-8/h1-5H,6H2,(H,15,18). The summed E-state index contributed by atoms with van der Waals surface area (Å²) >= 11 is 11.4. The summed E-state index contributed by atoms with van der Waals surface area (Å²) in [6, 6.07) is 4.97. The van der Waals surface area contributed by atoms with Gasteiger partial charge < -0.3 is 5.32 Å². The van der Waals surface area contributed by atoms with Crippen molar-refractivity contribution >= 4 is 29.1 Å². The van der Waals surface area contributed by atoms with Gasteiger partial charge in [-0.2, -0.15) is 10.2 Å². The van der Waals surface area contributed by atoms with Gasteiger partial charge in [0.15, 0.2) is 0 Å². The highest BCUT2D eigenvalue weighted by atomic mass is 35.5. The largest absolute Gasteiger partial charge is 0.346 e. The zero-order chi connectivity index (χ0) is 13.0. The lowest BCUT2D eigenvalue weighted by Crippen LogP contribution is -2.23. The van der Waals surface area contributed by atoms with Gasteiger partial charge in [-0.25, -0.2) is 4.98 Å². The van der Waals surface area contributed by atoms with E-state index in [9.17, 15) is 4.79 Å². The van der Waals surface area contributed by atoms with Crippen LogP contribution in [-0.2, 0) is 6.54 Å². The van der Waals surface area contributed by atoms with E-state index in [2.05, 4.69) is 20.5 Å². The molecule has 5 nitrogen and oxygen atoms in total. The Hall–Kier alpha value is -1.72. The van der Waals surface area contributed by atoms with E-state index in [0.717, 1.165) is 0 Å². The van der Waals surface area contributed by atoms with Gasteiger partial charge in [-0.05, 0) is 18.2 Å². The van der Waals surface area contributed by atoms with Gasteiger partial charge >= 0.3 is 0 Å². The van der Waals surface area contributed by atoms with Gasteiger partial charge in [0.25, 0.3) is 5.91 Å². The van der Waals surface area contributed by atoms with Crippen molar-refractivity contribution in [3.63, 3.8) is 0 Å². The van der Waals surface area contributed by atoms with Crippen LogP contribution in [0.2, 0.25) is 10.2 Å². The van der Waals surface area contributed by atoms with Crippen molar-refractivity contribution in [2.75, 3.05) is 0 Å². The van der Waals surface area contributed by atoms with Crippen LogP contribution in [-0.4, -0.2) is 21.1 Å². The molecule has 0 saturated carbocycles. The lowest BCUT2D eigenvalue weighted by molar-refractivity contribution is 0.0950. The molecular weight excluding hydrogens is 275 g/mol. The van der Waals surface area contributed by atoms with Crippen LogP contribution in [0.15, 0.2) is 30.6 Å². The van der Waals surface area contributed by atoms with Crippen LogP contribution in [0.5, 0.6) is 0 Å². The fraction of sp³-hybridized carbons (Fsp3) is 0.0909. The maximum atomic E-state index is 11.8. The minimum atomic E-state index is -0.299. The van der Waals surface area contributed by atoms with Gasteiger partial charge in [0.1, 0.15) is 5.15 Å². The van der Waals surface area contributed by atoms with Gasteiger partial charge in [0.05, 0.1) is 22.8 Å². The molecule has 1 amide bonds. The van der Waals surface area contributed by atoms with E-state index < -0.39 is 0 Å². The number of halogens is 2. The lowest BCUT2D eigenvalue weighted by atomic mass is 10.2. The smallest absolute Gasteiger partial charge is 0.253 e. The third kappa shape index (κ3) is 3.15. The second-order valence-electron chi connectivity index (χ2n) is 3.39. The molecule has 2 rings (SSSR count). The second kappa shape index (κ2) is 5.75. The molecule has 0 unspecified atom stereocenters. The highest BCUT2D eigenvalue weighted by Gasteiger charge is 2.08. The summed E-state index contributed by atoms with van der Waals surface area (Å²) in [5.74, 6) is -0.299. The molecular formula is C11H8Cl2N4O. The van der Waals surface area contributed by atoms with Crippen LogP contribution in [0.4, 0.5) is 0 Å². The maximum Gasteiger partial charge on any atom is 0.253 e. The average molecular weight is 283 g/mol. The molecule has 0 radical (unpaired) electrons. The van der Waals surface area contributed by atoms with Crippen molar-refractivity contribution in [3.05, 3.63) is 52.0 Å². The molecule has 0 saturated heterocycles. The molecule has 18 heavy (non-hydrogen) atoms. The molecule has 1 N–H and O–H groups in total. The number of nitrogens with zero attached hydrogens (tertiary/aromatic N) is 3. The van der Waals surface area contributed by atoms with Crippen LogP contribution < -0.4 is 5.32 Å². The van der Waals surface area contributed by atoms with Gasteiger partial charge in [-0.15, -0.1) is 0 Å². The first-order valence-corrected chi connectivity index (χ1v) is 5.78. The molecule has 0 fully saturated rings. The number of carbonyl (C=O) groups excluding carboxylic acids is 1. The van der Waals surface area contributed by atoms with E-state index in [4.69, 9.17) is 23.2 Å². The molecule has 0 bridgehead atoms. The second-order valence-corrected chi connectivity index (χ2v) is 4.16. The monoisotopic (exact) mass is 282 g/mol. The van der Waals surface area contributed by atoms with Crippen molar-refractivity contribution in [1.29, 1.82) is 0 Å². The molecule has 0 aliphatic rings. The molecule has 2 aromatic heterocycles. The van der Waals surface area contributed by atoms with E-state index in [1.807, 2.05) is 0 Å². The predicted octanol–water partition coefficient (Wildman–Crippen LogP) is 2.11. The third-order valence-electron chi connectivity index (χ3n) is 2.12. The molecule has 7 heteroatoms. The molecule has 0 aliphatic carbocycles. The fourth-order valence-corrected chi connectivity index (χ4v) is 1.52. The number of rotatable bonds is 3. The average Bonchev–Trinajstić information content (AvgIpc) is 2.40. The molecule has 0 spiro atoms. The van der Waals surface area contributed by atoms with Crippen LogP contribution in [0.3, 0.4) is 0 Å². The molecule has 92 valence electrons. The number of aromatic nitrogens is 3. The Morgan fingerprint density at radius 3 is 2.89 bits per heavy atom. The van der Waals surface area contributed by atoms with Crippen molar-refractivity contribution in [3.8, 4) is 0 Å². The molecule has 0 aromatic carbocycles. The maximum absolute atomic E-state index is 11.8. The lowest BCUT2D eigenvalue weighted by Gasteiger charge is -2.04. The first kappa shape index (κ1) is 12.7. The minimum Gasteiger partial charge on any atom is -0.346 e. The summed E-state index contributed by atoms with van der Waals surface area (Å²) in [5.41, 5.74) is 1.01. The fourth-order valence-electron chi connectivity index (χ4n) is 1.25. The molecule has 2 heterocycles. The number of hydrogen-bond acceptors (Lipinski definition) is 4. The van der Waals surface area contributed by atoms with E-state index >= 15 is 0 Å². The van der Waals surface area contributed by atoms with Gasteiger partial charge in [-0.3, -0.25) is 4.79 Å². The van der Waals surface area contributed by atoms with Gasteiger partial charge in [-0.1, -0.05) is 23.2 Å². The number of nitrogens with one attached hydrogen (secondary N) is 1. The van der Waals surface area contributed by atoms with Crippen molar-refractivity contribution in [2.45, 2.75) is 6.54 Å². The summed E-state index contributed by atoms with van der Waals surface area (Å²) in [7, 11) is 0. The predicted molar refractivity (Wildman–Crippen MR) is 67.5 cm³/mol. The quantitative estimate of drug-likeness (QED) is 0.876. The minimum absolute atomic E-state index is 0.169. The summed E-state index contributed by atoms with van der Waals surface area (Å²) in [4.78, 5) is 15.6. The Bertz CT molecular complexity index is 562. The first-order valence-electron chi connectivity index (χ1n) is 5.02. The van der Waals surface area contributed by atoms with Gasteiger partial charge in [0, 0.05) is 12.4 Å². The summed E-state index contributed by atoms with van der Waals surface area (Å²) < 4.78 is 0. The van der Waals surface area contributed by atoms with Crippen LogP contribution in [0.25, 0.3) is 0 Å². The van der Waals surface area contributed by atoms with E-state index in [1.165, 1.54) is 12.3 Å². The zero-order valence-corrected chi connectivity index (χ0v) is 10.6. The van der Waals surface area contributed by atoms with E-state index in [-0.39, 0.29) is 22.6 Å². The van der Waals surface area contributed by atoms with Crippen LogP contribution in [0.1, 0.15) is 16.1 Å². The topological polar surface area (TPSA) is 67.8 Å². The van der Waals surface area contributed by atoms with Crippen LogP contribution in [0, 0.1) is 0 Å². The number of hydrogen-bond donors (Lipinski definition) is 1. The third-order valence-corrected chi connectivity index (χ3v) is 2.80. The highest BCUT2D eigenvalue weighted by Crippen LogP contribution is 2.19. The Balaban J connectivity index is 2.02. The Kier molecular flexibility index (Phi) is 4.07. The van der Waals surface area contributed by atoms with E-state index in [0.29, 0.717) is 11.3 Å². The van der Waals surface area contributed by atoms with E-state index in [1.54, 1.807) is 18.3 Å². The molecule has 2 aromatic rings. The summed E-state index contributed by atoms with van der Waals surface area (Å²) in [6.07, 6.45) is 2.93. The van der Waals surface area contributed by atoms with Crippen molar-refractivity contribution in [2.24, 2.45) is 0 Å². The number of pyridine rings is 1.